The minimum atomic E-state index is -0.726. The van der Waals surface area contributed by atoms with E-state index in [1.165, 1.54) is 12.8 Å². The zero-order valence-corrected chi connectivity index (χ0v) is 23.5. The van der Waals surface area contributed by atoms with Crippen LogP contribution in [0.4, 0.5) is 0 Å². The number of carbonyl (C=O) groups is 1. The summed E-state index contributed by atoms with van der Waals surface area (Å²) < 4.78 is 5.51. The number of hydrogen-bond acceptors (Lipinski definition) is 3. The standard InChI is InChI=1S/C32H50O3/c1-9-32(34)19-16-28(5)23(22(32)4)13-14-30(7)25(28)11-10-24-26-21(3)20(2)12-15-31(26,27(33)35-8)18-17-29(24,30)6/h9-10,20-23,25-26,34H,1,11-19H2,2-8H3/t20-,21+,22?,23?,25-,26+,28+,29-,30-,31+,32+/m1/s1. The van der Waals surface area contributed by atoms with E-state index in [0.29, 0.717) is 29.6 Å². The van der Waals surface area contributed by atoms with Crippen molar-refractivity contribution in [2.45, 2.75) is 105 Å². The lowest BCUT2D eigenvalue weighted by molar-refractivity contribution is -0.198. The number of aliphatic hydroxyl groups is 1. The molecule has 0 heterocycles. The summed E-state index contributed by atoms with van der Waals surface area (Å²) in [5.74, 6) is 2.87. The Kier molecular flexibility index (Phi) is 5.81. The van der Waals surface area contributed by atoms with Gasteiger partial charge in [0.05, 0.1) is 18.1 Å². The summed E-state index contributed by atoms with van der Waals surface area (Å²) >= 11 is 0. The SMILES string of the molecule is C=C[C@]1(O)CC[C@@]2(C)C(CC[C@]3(C)[C@@H]2CC=C2[C@@H]4[C@@H](C)[C@H](C)CC[C@]4(C(=O)OC)CC[C@]23C)C1C. The molecule has 5 aliphatic carbocycles. The number of methoxy groups -OCH3 is 1. The summed E-state index contributed by atoms with van der Waals surface area (Å²) in [4.78, 5) is 13.4. The summed E-state index contributed by atoms with van der Waals surface area (Å²) in [5.41, 5.74) is 1.10. The Balaban J connectivity index is 1.59. The summed E-state index contributed by atoms with van der Waals surface area (Å²) in [7, 11) is 1.59. The maximum absolute atomic E-state index is 13.4. The topological polar surface area (TPSA) is 46.5 Å². The Morgan fingerprint density at radius 2 is 1.77 bits per heavy atom. The highest BCUT2D eigenvalue weighted by atomic mass is 16.5. The summed E-state index contributed by atoms with van der Waals surface area (Å²) in [6, 6.07) is 0. The molecule has 0 aromatic heterocycles. The Bertz CT molecular complexity index is 937. The number of esters is 1. The average molecular weight is 483 g/mol. The largest absolute Gasteiger partial charge is 0.469 e. The van der Waals surface area contributed by atoms with Gasteiger partial charge in [-0.1, -0.05) is 59.3 Å². The van der Waals surface area contributed by atoms with Gasteiger partial charge in [-0.3, -0.25) is 4.79 Å². The predicted molar refractivity (Wildman–Crippen MR) is 142 cm³/mol. The fourth-order valence-corrected chi connectivity index (χ4v) is 11.0. The highest BCUT2D eigenvalue weighted by Crippen LogP contribution is 2.75. The second-order valence-corrected chi connectivity index (χ2v) is 14.3. The minimum absolute atomic E-state index is 0.0389. The molecule has 0 aliphatic heterocycles. The number of fused-ring (bicyclic) bond motifs is 7. The highest BCUT2D eigenvalue weighted by Gasteiger charge is 2.69. The van der Waals surface area contributed by atoms with E-state index in [1.807, 2.05) is 6.08 Å². The van der Waals surface area contributed by atoms with E-state index >= 15 is 0 Å². The first-order chi connectivity index (χ1) is 16.3. The van der Waals surface area contributed by atoms with Gasteiger partial charge < -0.3 is 9.84 Å². The van der Waals surface area contributed by atoms with Crippen LogP contribution < -0.4 is 0 Å². The van der Waals surface area contributed by atoms with Crippen LogP contribution in [0.15, 0.2) is 24.3 Å². The fraction of sp³-hybridized carbons (Fsp3) is 0.844. The molecule has 0 amide bonds. The number of carbonyl (C=O) groups excluding carboxylic acids is 1. The molecule has 0 radical (unpaired) electrons. The molecular weight excluding hydrogens is 432 g/mol. The van der Waals surface area contributed by atoms with Crippen LogP contribution in [0.5, 0.6) is 0 Å². The van der Waals surface area contributed by atoms with E-state index in [9.17, 15) is 9.90 Å². The van der Waals surface area contributed by atoms with Crippen molar-refractivity contribution >= 4 is 5.97 Å². The fourth-order valence-electron chi connectivity index (χ4n) is 11.0. The van der Waals surface area contributed by atoms with Crippen molar-refractivity contribution in [3.63, 3.8) is 0 Å². The lowest BCUT2D eigenvalue weighted by atomic mass is 9.34. The molecule has 4 saturated carbocycles. The van der Waals surface area contributed by atoms with Gasteiger partial charge in [0, 0.05) is 0 Å². The van der Waals surface area contributed by atoms with E-state index in [1.54, 1.807) is 12.7 Å². The zero-order chi connectivity index (χ0) is 25.6. The molecular formula is C32H50O3. The van der Waals surface area contributed by atoms with E-state index in [-0.39, 0.29) is 33.5 Å². The van der Waals surface area contributed by atoms with Gasteiger partial charge in [0.25, 0.3) is 0 Å². The molecule has 0 aromatic carbocycles. The Hall–Kier alpha value is -1.09. The molecule has 1 N–H and O–H groups in total. The molecule has 196 valence electrons. The first kappa shape index (κ1) is 25.6. The van der Waals surface area contributed by atoms with Crippen LogP contribution in [0.2, 0.25) is 0 Å². The Labute approximate surface area is 214 Å². The second-order valence-electron chi connectivity index (χ2n) is 14.3. The van der Waals surface area contributed by atoms with Gasteiger partial charge in [-0.15, -0.1) is 6.58 Å². The molecule has 4 fully saturated rings. The van der Waals surface area contributed by atoms with Crippen LogP contribution in [0.3, 0.4) is 0 Å². The van der Waals surface area contributed by atoms with Gasteiger partial charge in [0.2, 0.25) is 0 Å². The molecule has 3 nitrogen and oxygen atoms in total. The van der Waals surface area contributed by atoms with Crippen molar-refractivity contribution in [2.24, 2.45) is 57.2 Å². The van der Waals surface area contributed by atoms with Gasteiger partial charge in [0.15, 0.2) is 0 Å². The van der Waals surface area contributed by atoms with Crippen LogP contribution in [0.1, 0.15) is 99.3 Å². The quantitative estimate of drug-likeness (QED) is 0.331. The van der Waals surface area contributed by atoms with Crippen LogP contribution in [-0.2, 0) is 9.53 Å². The Morgan fingerprint density at radius 1 is 1.06 bits per heavy atom. The van der Waals surface area contributed by atoms with Crippen molar-refractivity contribution in [1.82, 2.24) is 0 Å². The second kappa shape index (κ2) is 7.95. The van der Waals surface area contributed by atoms with Crippen molar-refractivity contribution in [1.29, 1.82) is 0 Å². The number of ether oxygens (including phenoxy) is 1. The van der Waals surface area contributed by atoms with Gasteiger partial charge >= 0.3 is 5.97 Å². The molecule has 0 spiro atoms. The van der Waals surface area contributed by atoms with Crippen LogP contribution in [0, 0.1) is 57.2 Å². The molecule has 0 saturated heterocycles. The minimum Gasteiger partial charge on any atom is -0.469 e. The van der Waals surface area contributed by atoms with Gasteiger partial charge in [-0.25, -0.2) is 0 Å². The molecule has 11 atom stereocenters. The number of allylic oxidation sites excluding steroid dienone is 2. The Morgan fingerprint density at radius 3 is 2.43 bits per heavy atom. The highest BCUT2D eigenvalue weighted by molar-refractivity contribution is 5.78. The predicted octanol–water partition coefficient (Wildman–Crippen LogP) is 7.34. The average Bonchev–Trinajstić information content (AvgIpc) is 2.84. The third-order valence-electron chi connectivity index (χ3n) is 13.7. The van der Waals surface area contributed by atoms with E-state index in [2.05, 4.69) is 54.2 Å². The van der Waals surface area contributed by atoms with E-state index < -0.39 is 5.60 Å². The molecule has 0 bridgehead atoms. The first-order valence-electron chi connectivity index (χ1n) is 14.5. The molecule has 35 heavy (non-hydrogen) atoms. The van der Waals surface area contributed by atoms with Crippen LogP contribution >= 0.6 is 0 Å². The van der Waals surface area contributed by atoms with Gasteiger partial charge in [-0.05, 0) is 110 Å². The number of hydrogen-bond donors (Lipinski definition) is 1. The molecule has 2 unspecified atom stereocenters. The lowest BCUT2D eigenvalue weighted by Crippen LogP contribution is -2.65. The van der Waals surface area contributed by atoms with E-state index in [4.69, 9.17) is 4.74 Å². The molecule has 3 heteroatoms. The smallest absolute Gasteiger partial charge is 0.312 e. The van der Waals surface area contributed by atoms with Crippen molar-refractivity contribution in [2.75, 3.05) is 7.11 Å². The van der Waals surface area contributed by atoms with E-state index in [0.717, 1.165) is 44.9 Å². The lowest BCUT2D eigenvalue weighted by Gasteiger charge is -2.70. The normalized spacial score (nSPS) is 55.4. The molecule has 5 rings (SSSR count). The van der Waals surface area contributed by atoms with Gasteiger partial charge in [0.1, 0.15) is 0 Å². The third kappa shape index (κ3) is 3.03. The maximum atomic E-state index is 13.4. The monoisotopic (exact) mass is 482 g/mol. The van der Waals surface area contributed by atoms with Crippen LogP contribution in [-0.4, -0.2) is 23.8 Å². The zero-order valence-electron chi connectivity index (χ0n) is 23.5. The number of rotatable bonds is 2. The van der Waals surface area contributed by atoms with Gasteiger partial charge in [-0.2, -0.15) is 0 Å². The maximum Gasteiger partial charge on any atom is 0.312 e. The third-order valence-corrected chi connectivity index (χ3v) is 13.7. The van der Waals surface area contributed by atoms with Crippen LogP contribution in [0.25, 0.3) is 0 Å². The molecule has 5 aliphatic rings. The summed E-state index contributed by atoms with van der Waals surface area (Å²) in [6.45, 7) is 18.8. The van der Waals surface area contributed by atoms with Crippen molar-refractivity contribution in [3.8, 4) is 0 Å². The summed E-state index contributed by atoms with van der Waals surface area (Å²) in [6.07, 6.45) is 14.0. The van der Waals surface area contributed by atoms with Crippen molar-refractivity contribution in [3.05, 3.63) is 24.3 Å². The van der Waals surface area contributed by atoms with Crippen molar-refractivity contribution < 1.29 is 14.6 Å². The summed E-state index contributed by atoms with van der Waals surface area (Å²) in [5, 5.41) is 11.3. The first-order valence-corrected chi connectivity index (χ1v) is 14.5. The molecule has 0 aromatic rings.